The maximum atomic E-state index is 12.2. The van der Waals surface area contributed by atoms with Crippen molar-refractivity contribution in [3.05, 3.63) is 52.5 Å². The highest BCUT2D eigenvalue weighted by atomic mass is 35.5. The van der Waals surface area contributed by atoms with Crippen LogP contribution in [-0.4, -0.2) is 39.7 Å². The van der Waals surface area contributed by atoms with Gasteiger partial charge in [-0.1, -0.05) is 11.6 Å². The molecule has 0 aliphatic carbocycles. The lowest BCUT2D eigenvalue weighted by atomic mass is 10.1. The summed E-state index contributed by atoms with van der Waals surface area (Å²) in [4.78, 5) is 24.3. The highest BCUT2D eigenvalue weighted by molar-refractivity contribution is 6.32. The molecular formula is C18H17ClO6. The van der Waals surface area contributed by atoms with Gasteiger partial charge in [0.25, 0.3) is 0 Å². The lowest BCUT2D eigenvalue weighted by Gasteiger charge is -2.09. The molecule has 6 nitrogen and oxygen atoms in total. The van der Waals surface area contributed by atoms with Gasteiger partial charge in [-0.15, -0.1) is 0 Å². The van der Waals surface area contributed by atoms with Crippen LogP contribution in [0.25, 0.3) is 0 Å². The number of carbonyl (C=O) groups excluding carboxylic acids is 2. The van der Waals surface area contributed by atoms with E-state index in [1.165, 1.54) is 39.5 Å². The number of benzene rings is 2. The van der Waals surface area contributed by atoms with Crippen molar-refractivity contribution in [2.24, 2.45) is 0 Å². The SMILES string of the molecule is COc1cc(OC)cc(C(=O)OCC(=O)c2ccc(OC)c(Cl)c2)c1. The predicted molar refractivity (Wildman–Crippen MR) is 92.2 cm³/mol. The zero-order valence-corrected chi connectivity index (χ0v) is 14.8. The second kappa shape index (κ2) is 8.39. The van der Waals surface area contributed by atoms with Crippen molar-refractivity contribution in [1.29, 1.82) is 0 Å². The highest BCUT2D eigenvalue weighted by Crippen LogP contribution is 2.25. The first-order valence-electron chi connectivity index (χ1n) is 7.25. The van der Waals surface area contributed by atoms with Crippen LogP contribution in [0.1, 0.15) is 20.7 Å². The topological polar surface area (TPSA) is 71.1 Å². The zero-order chi connectivity index (χ0) is 18.4. The Hall–Kier alpha value is -2.73. The maximum Gasteiger partial charge on any atom is 0.338 e. The Morgan fingerprint density at radius 1 is 0.880 bits per heavy atom. The number of halogens is 1. The average molecular weight is 365 g/mol. The quantitative estimate of drug-likeness (QED) is 0.554. The van der Waals surface area contributed by atoms with E-state index in [2.05, 4.69) is 0 Å². The maximum absolute atomic E-state index is 12.2. The van der Waals surface area contributed by atoms with Gasteiger partial charge in [-0.05, 0) is 30.3 Å². The lowest BCUT2D eigenvalue weighted by Crippen LogP contribution is -2.14. The molecule has 0 amide bonds. The first-order valence-corrected chi connectivity index (χ1v) is 7.63. The number of ketones is 1. The smallest absolute Gasteiger partial charge is 0.338 e. The van der Waals surface area contributed by atoms with Crippen molar-refractivity contribution >= 4 is 23.4 Å². The van der Waals surface area contributed by atoms with Crippen LogP contribution in [0.5, 0.6) is 17.2 Å². The first kappa shape index (κ1) is 18.6. The van der Waals surface area contributed by atoms with Crippen molar-refractivity contribution in [1.82, 2.24) is 0 Å². The van der Waals surface area contributed by atoms with E-state index in [-0.39, 0.29) is 11.3 Å². The molecule has 2 aromatic rings. The average Bonchev–Trinajstić information content (AvgIpc) is 2.65. The fraction of sp³-hybridized carbons (Fsp3) is 0.222. The molecule has 132 valence electrons. The van der Waals surface area contributed by atoms with E-state index in [0.717, 1.165) is 0 Å². The first-order chi connectivity index (χ1) is 12.0. The Balaban J connectivity index is 2.06. The largest absolute Gasteiger partial charge is 0.497 e. The number of carbonyl (C=O) groups is 2. The van der Waals surface area contributed by atoms with Crippen molar-refractivity contribution in [3.8, 4) is 17.2 Å². The van der Waals surface area contributed by atoms with Crippen LogP contribution in [0.3, 0.4) is 0 Å². The molecule has 0 bridgehead atoms. The third-order valence-corrected chi connectivity index (χ3v) is 3.69. The van der Waals surface area contributed by atoms with Crippen LogP contribution in [0.15, 0.2) is 36.4 Å². The Kier molecular flexibility index (Phi) is 6.25. The van der Waals surface area contributed by atoms with Gasteiger partial charge in [-0.2, -0.15) is 0 Å². The fourth-order valence-corrected chi connectivity index (χ4v) is 2.32. The van der Waals surface area contributed by atoms with E-state index in [1.54, 1.807) is 18.2 Å². The van der Waals surface area contributed by atoms with Crippen LogP contribution in [0.4, 0.5) is 0 Å². The molecular weight excluding hydrogens is 348 g/mol. The predicted octanol–water partition coefficient (Wildman–Crippen LogP) is 3.41. The van der Waals surface area contributed by atoms with E-state index in [4.69, 9.17) is 30.5 Å². The summed E-state index contributed by atoms with van der Waals surface area (Å²) in [5.41, 5.74) is 0.540. The molecule has 0 aromatic heterocycles. The molecule has 0 unspecified atom stereocenters. The molecule has 0 spiro atoms. The van der Waals surface area contributed by atoms with Crippen molar-refractivity contribution in [3.63, 3.8) is 0 Å². The Labute approximate surface area is 150 Å². The van der Waals surface area contributed by atoms with E-state index in [0.29, 0.717) is 27.8 Å². The fourth-order valence-electron chi connectivity index (χ4n) is 2.06. The monoisotopic (exact) mass is 364 g/mol. The van der Waals surface area contributed by atoms with Gasteiger partial charge in [0, 0.05) is 11.6 Å². The van der Waals surface area contributed by atoms with Crippen molar-refractivity contribution < 1.29 is 28.5 Å². The summed E-state index contributed by atoms with van der Waals surface area (Å²) in [6.45, 7) is -0.416. The molecule has 2 rings (SSSR count). The Morgan fingerprint density at radius 2 is 1.52 bits per heavy atom. The number of hydrogen-bond donors (Lipinski definition) is 0. The van der Waals surface area contributed by atoms with Crippen LogP contribution in [0, 0.1) is 0 Å². The molecule has 0 N–H and O–H groups in total. The molecule has 0 aliphatic rings. The third-order valence-electron chi connectivity index (χ3n) is 3.40. The molecule has 0 aliphatic heterocycles. The molecule has 0 atom stereocenters. The van der Waals surface area contributed by atoms with Crippen LogP contribution < -0.4 is 14.2 Å². The van der Waals surface area contributed by atoms with Gasteiger partial charge >= 0.3 is 5.97 Å². The van der Waals surface area contributed by atoms with Gasteiger partial charge in [0.05, 0.1) is 31.9 Å². The van der Waals surface area contributed by atoms with E-state index < -0.39 is 12.6 Å². The van der Waals surface area contributed by atoms with Crippen LogP contribution >= 0.6 is 11.6 Å². The summed E-state index contributed by atoms with van der Waals surface area (Å²) >= 11 is 5.99. The molecule has 0 saturated heterocycles. The van der Waals surface area contributed by atoms with E-state index >= 15 is 0 Å². The number of rotatable bonds is 7. The molecule has 0 saturated carbocycles. The number of ether oxygens (including phenoxy) is 4. The van der Waals surface area contributed by atoms with E-state index in [1.807, 2.05) is 0 Å². The number of Topliss-reactive ketones (excluding diaryl/α,β-unsaturated/α-hetero) is 1. The lowest BCUT2D eigenvalue weighted by molar-refractivity contribution is 0.0474. The Morgan fingerprint density at radius 3 is 2.04 bits per heavy atom. The van der Waals surface area contributed by atoms with Gasteiger partial charge in [-0.3, -0.25) is 4.79 Å². The van der Waals surface area contributed by atoms with Crippen molar-refractivity contribution in [2.75, 3.05) is 27.9 Å². The minimum atomic E-state index is -0.662. The minimum Gasteiger partial charge on any atom is -0.497 e. The normalized spacial score (nSPS) is 10.1. The molecule has 2 aromatic carbocycles. The van der Waals surface area contributed by atoms with Gasteiger partial charge in [0.15, 0.2) is 12.4 Å². The molecule has 25 heavy (non-hydrogen) atoms. The number of methoxy groups -OCH3 is 3. The summed E-state index contributed by atoms with van der Waals surface area (Å²) in [6, 6.07) is 9.21. The summed E-state index contributed by atoms with van der Waals surface area (Å²) in [7, 11) is 4.43. The minimum absolute atomic E-state index is 0.219. The molecule has 7 heteroatoms. The molecule has 0 radical (unpaired) electrons. The highest BCUT2D eigenvalue weighted by Gasteiger charge is 2.15. The summed E-state index contributed by atoms with van der Waals surface area (Å²) in [5, 5.41) is 0.303. The number of hydrogen-bond acceptors (Lipinski definition) is 6. The second-order valence-electron chi connectivity index (χ2n) is 4.95. The summed E-state index contributed by atoms with van der Waals surface area (Å²) in [6.07, 6.45) is 0. The number of esters is 1. The summed E-state index contributed by atoms with van der Waals surface area (Å²) < 4.78 is 20.3. The van der Waals surface area contributed by atoms with Gasteiger partial charge in [-0.25, -0.2) is 4.79 Å². The van der Waals surface area contributed by atoms with Crippen LogP contribution in [-0.2, 0) is 4.74 Å². The molecule has 0 heterocycles. The zero-order valence-electron chi connectivity index (χ0n) is 14.0. The van der Waals surface area contributed by atoms with E-state index in [9.17, 15) is 9.59 Å². The summed E-state index contributed by atoms with van der Waals surface area (Å²) in [5.74, 6) is 0.302. The second-order valence-corrected chi connectivity index (χ2v) is 5.36. The Bertz CT molecular complexity index is 765. The van der Waals surface area contributed by atoms with Crippen molar-refractivity contribution in [2.45, 2.75) is 0 Å². The van der Waals surface area contributed by atoms with Gasteiger partial charge in [0.1, 0.15) is 17.2 Å². The molecule has 0 fully saturated rings. The standard InChI is InChI=1S/C18H17ClO6/c1-22-13-6-12(7-14(9-13)23-2)18(21)25-10-16(20)11-4-5-17(24-3)15(19)8-11/h4-9H,10H2,1-3H3. The third kappa shape index (κ3) is 4.64. The van der Waals surface area contributed by atoms with Gasteiger partial charge in [0.2, 0.25) is 0 Å². The van der Waals surface area contributed by atoms with Crippen LogP contribution in [0.2, 0.25) is 5.02 Å². The van der Waals surface area contributed by atoms with Gasteiger partial charge < -0.3 is 18.9 Å².